The van der Waals surface area contributed by atoms with Crippen LogP contribution in [-0.2, 0) is 14.3 Å². The molecule has 1 heterocycles. The summed E-state index contributed by atoms with van der Waals surface area (Å²) >= 11 is 0. The van der Waals surface area contributed by atoms with E-state index in [1.165, 1.54) is 26.3 Å². The van der Waals surface area contributed by atoms with Gasteiger partial charge < -0.3 is 19.5 Å². The first-order chi connectivity index (χ1) is 18.8. The van der Waals surface area contributed by atoms with Gasteiger partial charge in [0.15, 0.2) is 11.4 Å². The van der Waals surface area contributed by atoms with Crippen LogP contribution in [0.4, 0.5) is 0 Å². The molecule has 0 aliphatic rings. The van der Waals surface area contributed by atoms with Crippen LogP contribution in [0.15, 0.2) is 78.7 Å². The SMILES string of the molecule is CCC(CC)C(=O)Oc1c(OC)ccnc1C(=O)N[C@@H](C)C(=O)OC(C)=C(c1ccccc1)c1ccccc1. The fraction of sp³-hybridized carbons (Fsp3) is 0.290. The number of pyridine rings is 1. The molecule has 0 saturated heterocycles. The molecule has 1 N–H and O–H groups in total. The second-order valence-electron chi connectivity index (χ2n) is 8.90. The summed E-state index contributed by atoms with van der Waals surface area (Å²) in [5.74, 6) is -1.72. The summed E-state index contributed by atoms with van der Waals surface area (Å²) in [4.78, 5) is 43.0. The van der Waals surface area contributed by atoms with Crippen molar-refractivity contribution >= 4 is 23.4 Å². The van der Waals surface area contributed by atoms with E-state index in [1.807, 2.05) is 74.5 Å². The van der Waals surface area contributed by atoms with Crippen LogP contribution in [0, 0.1) is 5.92 Å². The van der Waals surface area contributed by atoms with Crippen LogP contribution in [0.5, 0.6) is 11.5 Å². The van der Waals surface area contributed by atoms with E-state index in [4.69, 9.17) is 14.2 Å². The fourth-order valence-corrected chi connectivity index (χ4v) is 4.05. The second kappa shape index (κ2) is 13.9. The van der Waals surface area contributed by atoms with Gasteiger partial charge in [0.05, 0.1) is 13.0 Å². The van der Waals surface area contributed by atoms with Gasteiger partial charge in [0.2, 0.25) is 5.75 Å². The van der Waals surface area contributed by atoms with Crippen molar-refractivity contribution < 1.29 is 28.6 Å². The summed E-state index contributed by atoms with van der Waals surface area (Å²) in [6.45, 7) is 6.98. The van der Waals surface area contributed by atoms with Crippen LogP contribution >= 0.6 is 0 Å². The molecule has 0 fully saturated rings. The minimum absolute atomic E-state index is 0.0958. The number of nitrogens with zero attached hydrogens (tertiary/aromatic N) is 1. The maximum Gasteiger partial charge on any atom is 0.333 e. The smallest absolute Gasteiger partial charge is 0.333 e. The van der Waals surface area contributed by atoms with Crippen LogP contribution in [0.3, 0.4) is 0 Å². The third kappa shape index (κ3) is 7.31. The van der Waals surface area contributed by atoms with Gasteiger partial charge in [-0.3, -0.25) is 9.59 Å². The number of aromatic nitrogens is 1. The number of benzene rings is 2. The molecule has 0 radical (unpaired) electrons. The lowest BCUT2D eigenvalue weighted by molar-refractivity contribution is -0.141. The zero-order chi connectivity index (χ0) is 28.4. The van der Waals surface area contributed by atoms with Crippen molar-refractivity contribution in [2.45, 2.75) is 46.6 Å². The molecule has 0 aliphatic heterocycles. The highest BCUT2D eigenvalue weighted by atomic mass is 16.6. The topological polar surface area (TPSA) is 104 Å². The Morgan fingerprint density at radius 1 is 0.872 bits per heavy atom. The summed E-state index contributed by atoms with van der Waals surface area (Å²) in [7, 11) is 1.40. The highest BCUT2D eigenvalue weighted by molar-refractivity contribution is 5.99. The Labute approximate surface area is 229 Å². The maximum absolute atomic E-state index is 13.2. The van der Waals surface area contributed by atoms with Gasteiger partial charge in [0.1, 0.15) is 11.8 Å². The van der Waals surface area contributed by atoms with Crippen LogP contribution in [0.2, 0.25) is 0 Å². The molecule has 1 amide bonds. The highest BCUT2D eigenvalue weighted by Crippen LogP contribution is 2.31. The fourth-order valence-electron chi connectivity index (χ4n) is 4.05. The van der Waals surface area contributed by atoms with Crippen LogP contribution in [0.25, 0.3) is 5.57 Å². The van der Waals surface area contributed by atoms with Crippen molar-refractivity contribution in [2.24, 2.45) is 5.92 Å². The van der Waals surface area contributed by atoms with Crippen LogP contribution in [-0.4, -0.2) is 36.0 Å². The number of rotatable bonds is 11. The number of esters is 2. The van der Waals surface area contributed by atoms with E-state index < -0.39 is 23.9 Å². The van der Waals surface area contributed by atoms with E-state index in [0.29, 0.717) is 18.6 Å². The number of carbonyl (C=O) groups is 3. The van der Waals surface area contributed by atoms with Crippen LogP contribution in [0.1, 0.15) is 62.2 Å². The molecule has 39 heavy (non-hydrogen) atoms. The number of allylic oxidation sites excluding steroid dienone is 1. The van der Waals surface area contributed by atoms with Gasteiger partial charge >= 0.3 is 11.9 Å². The molecule has 0 saturated carbocycles. The number of amides is 1. The Kier molecular flexibility index (Phi) is 10.4. The Bertz CT molecular complexity index is 1280. The third-order valence-electron chi connectivity index (χ3n) is 6.26. The highest BCUT2D eigenvalue weighted by Gasteiger charge is 2.27. The van der Waals surface area contributed by atoms with E-state index in [2.05, 4.69) is 10.3 Å². The lowest BCUT2D eigenvalue weighted by atomic mass is 9.97. The van der Waals surface area contributed by atoms with E-state index >= 15 is 0 Å². The van der Waals surface area contributed by atoms with Gasteiger partial charge in [0.25, 0.3) is 5.91 Å². The predicted molar refractivity (Wildman–Crippen MR) is 148 cm³/mol. The second-order valence-corrected chi connectivity index (χ2v) is 8.90. The van der Waals surface area contributed by atoms with E-state index in [9.17, 15) is 14.4 Å². The van der Waals surface area contributed by atoms with Crippen molar-refractivity contribution in [1.29, 1.82) is 0 Å². The first-order valence-electron chi connectivity index (χ1n) is 12.9. The zero-order valence-electron chi connectivity index (χ0n) is 22.9. The van der Waals surface area contributed by atoms with Crippen molar-refractivity contribution in [3.05, 3.63) is 95.5 Å². The number of ether oxygens (including phenoxy) is 3. The number of carbonyl (C=O) groups excluding carboxylic acids is 3. The number of nitrogens with one attached hydrogen (secondary N) is 1. The van der Waals surface area contributed by atoms with E-state index in [1.54, 1.807) is 6.92 Å². The van der Waals surface area contributed by atoms with Gasteiger partial charge in [-0.25, -0.2) is 9.78 Å². The summed E-state index contributed by atoms with van der Waals surface area (Å²) in [6, 6.07) is 19.7. The zero-order valence-corrected chi connectivity index (χ0v) is 22.9. The Hall–Kier alpha value is -4.46. The van der Waals surface area contributed by atoms with E-state index in [-0.39, 0.29) is 23.1 Å². The molecule has 1 aromatic heterocycles. The molecular weight excluding hydrogens is 496 g/mol. The first-order valence-corrected chi connectivity index (χ1v) is 12.9. The molecular formula is C31H34N2O6. The third-order valence-corrected chi connectivity index (χ3v) is 6.26. The van der Waals surface area contributed by atoms with Gasteiger partial charge in [-0.15, -0.1) is 0 Å². The lowest BCUT2D eigenvalue weighted by Crippen LogP contribution is -2.40. The molecule has 2 aromatic carbocycles. The summed E-state index contributed by atoms with van der Waals surface area (Å²) < 4.78 is 16.6. The normalized spacial score (nSPS) is 11.3. The number of hydrogen-bond donors (Lipinski definition) is 1. The van der Waals surface area contributed by atoms with Gasteiger partial charge in [-0.05, 0) is 37.8 Å². The monoisotopic (exact) mass is 530 g/mol. The first kappa shape index (κ1) is 29.1. The number of hydrogen-bond acceptors (Lipinski definition) is 7. The summed E-state index contributed by atoms with van der Waals surface area (Å²) in [6.07, 6.45) is 2.54. The van der Waals surface area contributed by atoms with Crippen molar-refractivity contribution in [3.8, 4) is 11.5 Å². The predicted octanol–water partition coefficient (Wildman–Crippen LogP) is 5.57. The quantitative estimate of drug-likeness (QED) is 0.255. The molecule has 1 atom stereocenters. The largest absolute Gasteiger partial charge is 0.493 e. The van der Waals surface area contributed by atoms with Crippen molar-refractivity contribution in [1.82, 2.24) is 10.3 Å². The summed E-state index contributed by atoms with van der Waals surface area (Å²) in [5, 5.41) is 2.60. The van der Waals surface area contributed by atoms with Gasteiger partial charge in [-0.2, -0.15) is 0 Å². The number of methoxy groups -OCH3 is 1. The summed E-state index contributed by atoms with van der Waals surface area (Å²) in [5.41, 5.74) is 2.35. The standard InChI is InChI=1S/C31H34N2O6/c1-6-22(7-2)31(36)39-28-25(37-5)18-19-32-27(28)29(34)33-20(3)30(35)38-21(4)26(23-14-10-8-11-15-23)24-16-12-9-13-17-24/h8-20,22H,6-7H2,1-5H3,(H,33,34)/t20-/m0/s1. The molecule has 0 unspecified atom stereocenters. The van der Waals surface area contributed by atoms with Crippen molar-refractivity contribution in [2.75, 3.05) is 7.11 Å². The van der Waals surface area contributed by atoms with Gasteiger partial charge in [-0.1, -0.05) is 74.5 Å². The Morgan fingerprint density at radius 2 is 1.44 bits per heavy atom. The van der Waals surface area contributed by atoms with Crippen molar-refractivity contribution in [3.63, 3.8) is 0 Å². The average molecular weight is 531 g/mol. The van der Waals surface area contributed by atoms with Gasteiger partial charge in [0, 0.05) is 17.8 Å². The molecule has 3 aromatic rings. The molecule has 0 spiro atoms. The Morgan fingerprint density at radius 3 is 1.95 bits per heavy atom. The molecule has 8 nitrogen and oxygen atoms in total. The molecule has 204 valence electrons. The van der Waals surface area contributed by atoms with E-state index in [0.717, 1.165) is 16.7 Å². The Balaban J connectivity index is 1.83. The average Bonchev–Trinajstić information content (AvgIpc) is 2.95. The molecule has 0 bridgehead atoms. The molecule has 8 heteroatoms. The lowest BCUT2D eigenvalue weighted by Gasteiger charge is -2.18. The maximum atomic E-state index is 13.2. The van der Waals surface area contributed by atoms with Crippen LogP contribution < -0.4 is 14.8 Å². The molecule has 3 rings (SSSR count). The minimum atomic E-state index is -1.03. The molecule has 0 aliphatic carbocycles. The minimum Gasteiger partial charge on any atom is -0.493 e.